The van der Waals surface area contributed by atoms with Crippen LogP contribution in [0.5, 0.6) is 5.75 Å². The predicted molar refractivity (Wildman–Crippen MR) is 108 cm³/mol. The highest BCUT2D eigenvalue weighted by atomic mass is 32.1. The third-order valence-electron chi connectivity index (χ3n) is 5.09. The third kappa shape index (κ3) is 4.05. The molecule has 0 aliphatic carbocycles. The maximum Gasteiger partial charge on any atom is 0.141 e. The molecule has 0 unspecified atom stereocenters. The first kappa shape index (κ1) is 18.2. The quantitative estimate of drug-likeness (QED) is 0.627. The first-order chi connectivity index (χ1) is 13.1. The maximum absolute atomic E-state index is 10.3. The number of aryl methyl sites for hydroxylation is 1. The molecule has 2 aromatic heterocycles. The van der Waals surface area contributed by atoms with Crippen LogP contribution in [0.4, 0.5) is 5.82 Å². The lowest BCUT2D eigenvalue weighted by atomic mass is 10.0. The molecule has 0 saturated carbocycles. The molecule has 1 fully saturated rings. The van der Waals surface area contributed by atoms with Crippen molar-refractivity contribution in [1.29, 1.82) is 0 Å². The molecule has 6 nitrogen and oxygen atoms in total. The Labute approximate surface area is 162 Å². The van der Waals surface area contributed by atoms with Gasteiger partial charge in [-0.15, -0.1) is 11.3 Å². The van der Waals surface area contributed by atoms with Gasteiger partial charge in [-0.2, -0.15) is 0 Å². The molecular formula is C20H24N4O2S. The summed E-state index contributed by atoms with van der Waals surface area (Å²) in [5.41, 5.74) is 0.814. The van der Waals surface area contributed by atoms with E-state index < -0.39 is 6.10 Å². The molecule has 3 heterocycles. The smallest absolute Gasteiger partial charge is 0.141 e. The average Bonchev–Trinajstić information content (AvgIpc) is 3.15. The van der Waals surface area contributed by atoms with Crippen molar-refractivity contribution < 1.29 is 10.2 Å². The number of nitrogens with zero attached hydrogens (tertiary/aromatic N) is 3. The standard InChI is InChI=1S/C20H24N4O2S/c1-13-22-19(17-8-11-27-20(17)23-13)24-9-6-15(7-10-24)21-12-18(26)14-2-4-16(25)5-3-14/h2-5,8,11,15,18,21,25-26H,6-7,9-10,12H2,1H3/t18-/m1/s1. The van der Waals surface area contributed by atoms with Crippen LogP contribution in [-0.2, 0) is 0 Å². The van der Waals surface area contributed by atoms with Gasteiger partial charge in [-0.25, -0.2) is 9.97 Å². The molecule has 3 aromatic rings. The lowest BCUT2D eigenvalue weighted by Gasteiger charge is -2.34. The Kier molecular flexibility index (Phi) is 5.24. The summed E-state index contributed by atoms with van der Waals surface area (Å²) in [4.78, 5) is 12.6. The summed E-state index contributed by atoms with van der Waals surface area (Å²) in [6, 6.07) is 9.21. The second-order valence-electron chi connectivity index (χ2n) is 7.01. The number of anilines is 1. The SMILES string of the molecule is Cc1nc(N2CCC(NC[C@@H](O)c3ccc(O)cc3)CC2)c2ccsc2n1. The molecular weight excluding hydrogens is 360 g/mol. The highest BCUT2D eigenvalue weighted by Gasteiger charge is 2.23. The molecule has 142 valence electrons. The molecule has 1 aromatic carbocycles. The van der Waals surface area contributed by atoms with Crippen LogP contribution in [0.3, 0.4) is 0 Å². The van der Waals surface area contributed by atoms with E-state index in [9.17, 15) is 10.2 Å². The van der Waals surface area contributed by atoms with Gasteiger partial charge in [0.15, 0.2) is 0 Å². The first-order valence-corrected chi connectivity index (χ1v) is 10.2. The van der Waals surface area contributed by atoms with E-state index in [1.807, 2.05) is 6.92 Å². The van der Waals surface area contributed by atoms with Crippen molar-refractivity contribution >= 4 is 27.4 Å². The van der Waals surface area contributed by atoms with Crippen molar-refractivity contribution in [2.75, 3.05) is 24.5 Å². The molecule has 0 bridgehead atoms. The fourth-order valence-corrected chi connectivity index (χ4v) is 4.38. The minimum atomic E-state index is -0.571. The molecule has 0 spiro atoms. The number of hydrogen-bond acceptors (Lipinski definition) is 7. The zero-order chi connectivity index (χ0) is 18.8. The van der Waals surface area contributed by atoms with Crippen molar-refractivity contribution in [3.63, 3.8) is 0 Å². The highest BCUT2D eigenvalue weighted by Crippen LogP contribution is 2.29. The topological polar surface area (TPSA) is 81.5 Å². The van der Waals surface area contributed by atoms with Crippen molar-refractivity contribution in [3.8, 4) is 5.75 Å². The number of aliphatic hydroxyl groups excluding tert-OH is 1. The molecule has 1 aliphatic rings. The van der Waals surface area contributed by atoms with E-state index >= 15 is 0 Å². The largest absolute Gasteiger partial charge is 0.508 e. The normalized spacial score (nSPS) is 16.7. The van der Waals surface area contributed by atoms with E-state index in [2.05, 4.69) is 31.6 Å². The lowest BCUT2D eigenvalue weighted by Crippen LogP contribution is -2.44. The van der Waals surface area contributed by atoms with Crippen molar-refractivity contribution in [2.45, 2.75) is 31.9 Å². The summed E-state index contributed by atoms with van der Waals surface area (Å²) < 4.78 is 0. The first-order valence-electron chi connectivity index (χ1n) is 9.27. The number of hydrogen-bond donors (Lipinski definition) is 3. The van der Waals surface area contributed by atoms with E-state index in [4.69, 9.17) is 0 Å². The summed E-state index contributed by atoms with van der Waals surface area (Å²) in [7, 11) is 0. The minimum Gasteiger partial charge on any atom is -0.508 e. The van der Waals surface area contributed by atoms with Crippen LogP contribution in [0.2, 0.25) is 0 Å². The number of thiophene rings is 1. The van der Waals surface area contributed by atoms with Gasteiger partial charge in [0, 0.05) is 25.7 Å². The van der Waals surface area contributed by atoms with Gasteiger partial charge in [0.2, 0.25) is 0 Å². The summed E-state index contributed by atoms with van der Waals surface area (Å²) in [5, 5.41) is 26.4. The highest BCUT2D eigenvalue weighted by molar-refractivity contribution is 7.16. The van der Waals surface area contributed by atoms with E-state index in [0.29, 0.717) is 12.6 Å². The maximum atomic E-state index is 10.3. The van der Waals surface area contributed by atoms with Gasteiger partial charge in [0.1, 0.15) is 22.2 Å². The van der Waals surface area contributed by atoms with E-state index in [1.165, 1.54) is 0 Å². The Morgan fingerprint density at radius 1 is 1.19 bits per heavy atom. The van der Waals surface area contributed by atoms with Crippen molar-refractivity contribution in [1.82, 2.24) is 15.3 Å². The monoisotopic (exact) mass is 384 g/mol. The van der Waals surface area contributed by atoms with Gasteiger partial charge < -0.3 is 20.4 Å². The Balaban J connectivity index is 1.33. The Morgan fingerprint density at radius 3 is 2.67 bits per heavy atom. The zero-order valence-electron chi connectivity index (χ0n) is 15.3. The number of aromatic hydroxyl groups is 1. The fourth-order valence-electron chi connectivity index (χ4n) is 3.57. The average molecular weight is 385 g/mol. The van der Waals surface area contributed by atoms with Crippen molar-refractivity contribution in [3.05, 3.63) is 47.1 Å². The summed E-state index contributed by atoms with van der Waals surface area (Å²) >= 11 is 1.66. The minimum absolute atomic E-state index is 0.214. The molecule has 1 atom stereocenters. The second-order valence-corrected chi connectivity index (χ2v) is 7.91. The van der Waals surface area contributed by atoms with Crippen LogP contribution < -0.4 is 10.2 Å². The van der Waals surface area contributed by atoms with E-state index in [0.717, 1.165) is 53.4 Å². The third-order valence-corrected chi connectivity index (χ3v) is 5.90. The van der Waals surface area contributed by atoms with Crippen LogP contribution in [0.15, 0.2) is 35.7 Å². The van der Waals surface area contributed by atoms with Gasteiger partial charge >= 0.3 is 0 Å². The van der Waals surface area contributed by atoms with Crippen LogP contribution in [-0.4, -0.2) is 45.9 Å². The van der Waals surface area contributed by atoms with Gasteiger partial charge in [-0.1, -0.05) is 12.1 Å². The number of fused-ring (bicyclic) bond motifs is 1. The summed E-state index contributed by atoms with van der Waals surface area (Å²) in [6.07, 6.45) is 1.45. The second kappa shape index (κ2) is 7.80. The number of phenols is 1. The Bertz CT molecular complexity index is 904. The molecule has 1 saturated heterocycles. The number of nitrogens with one attached hydrogen (secondary N) is 1. The molecule has 0 radical (unpaired) electrons. The van der Waals surface area contributed by atoms with Gasteiger partial charge in [-0.05, 0) is 48.9 Å². The van der Waals surface area contributed by atoms with Crippen LogP contribution in [0, 0.1) is 6.92 Å². The Hall–Kier alpha value is -2.22. The Morgan fingerprint density at radius 2 is 1.93 bits per heavy atom. The van der Waals surface area contributed by atoms with Crippen molar-refractivity contribution in [2.24, 2.45) is 0 Å². The number of piperidine rings is 1. The number of aromatic nitrogens is 2. The fraction of sp³-hybridized carbons (Fsp3) is 0.400. The van der Waals surface area contributed by atoms with E-state index in [-0.39, 0.29) is 5.75 Å². The summed E-state index contributed by atoms with van der Waals surface area (Å²) in [5.74, 6) is 2.07. The van der Waals surface area contributed by atoms with Crippen LogP contribution in [0.1, 0.15) is 30.3 Å². The van der Waals surface area contributed by atoms with Gasteiger partial charge in [0.05, 0.1) is 11.5 Å². The number of aliphatic hydroxyl groups is 1. The number of phenolic OH excluding ortho intramolecular Hbond substituents is 1. The zero-order valence-corrected chi connectivity index (χ0v) is 16.1. The molecule has 27 heavy (non-hydrogen) atoms. The molecule has 1 aliphatic heterocycles. The molecule has 0 amide bonds. The number of rotatable bonds is 5. The van der Waals surface area contributed by atoms with Gasteiger partial charge in [-0.3, -0.25) is 0 Å². The molecule has 7 heteroatoms. The number of benzene rings is 1. The predicted octanol–water partition coefficient (Wildman–Crippen LogP) is 3.00. The van der Waals surface area contributed by atoms with E-state index in [1.54, 1.807) is 35.6 Å². The van der Waals surface area contributed by atoms with Gasteiger partial charge in [0.25, 0.3) is 0 Å². The molecule has 4 rings (SSSR count). The lowest BCUT2D eigenvalue weighted by molar-refractivity contribution is 0.167. The van der Waals surface area contributed by atoms with Crippen LogP contribution in [0.25, 0.3) is 10.2 Å². The summed E-state index contributed by atoms with van der Waals surface area (Å²) in [6.45, 7) is 4.33. The molecule has 3 N–H and O–H groups in total. The van der Waals surface area contributed by atoms with Crippen LogP contribution >= 0.6 is 11.3 Å².